The molecular formula is C13H18O2S. The lowest BCUT2D eigenvalue weighted by molar-refractivity contribution is -0.0466. The average molecular weight is 238 g/mol. The van der Waals surface area contributed by atoms with E-state index in [1.807, 2.05) is 11.8 Å². The Labute approximate surface area is 101 Å². The Morgan fingerprint density at radius 1 is 1.12 bits per heavy atom. The van der Waals surface area contributed by atoms with Gasteiger partial charge in [0.15, 0.2) is 6.29 Å². The molecule has 1 heterocycles. The van der Waals surface area contributed by atoms with Crippen molar-refractivity contribution < 1.29 is 9.47 Å². The fourth-order valence-corrected chi connectivity index (χ4v) is 2.63. The van der Waals surface area contributed by atoms with Crippen LogP contribution in [0.4, 0.5) is 0 Å². The number of hydrogen-bond acceptors (Lipinski definition) is 3. The molecule has 0 saturated carbocycles. The summed E-state index contributed by atoms with van der Waals surface area (Å²) < 4.78 is 10.8. The van der Waals surface area contributed by atoms with E-state index >= 15 is 0 Å². The number of ether oxygens (including phenoxy) is 2. The van der Waals surface area contributed by atoms with Crippen LogP contribution < -0.4 is 0 Å². The molecule has 1 aliphatic rings. The number of thioether (sulfide) groups is 1. The first-order valence-corrected chi connectivity index (χ1v) is 6.95. The van der Waals surface area contributed by atoms with Crippen LogP contribution in [0.5, 0.6) is 0 Å². The van der Waals surface area contributed by atoms with Crippen molar-refractivity contribution in [3.63, 3.8) is 0 Å². The normalized spacial score (nSPS) is 16.8. The van der Waals surface area contributed by atoms with Gasteiger partial charge in [-0.15, -0.1) is 0 Å². The molecule has 0 N–H and O–H groups in total. The van der Waals surface area contributed by atoms with E-state index in [4.69, 9.17) is 9.47 Å². The zero-order valence-corrected chi connectivity index (χ0v) is 10.2. The molecule has 0 radical (unpaired) electrons. The molecule has 0 unspecified atom stereocenters. The van der Waals surface area contributed by atoms with Crippen LogP contribution in [-0.4, -0.2) is 25.3 Å². The molecule has 88 valence electrons. The molecule has 2 nitrogen and oxygen atoms in total. The molecule has 0 aromatic heterocycles. The van der Waals surface area contributed by atoms with Crippen LogP contribution in [-0.2, 0) is 15.2 Å². The Balaban J connectivity index is 1.52. The molecule has 0 spiro atoms. The molecule has 1 aromatic carbocycles. The Hall–Kier alpha value is -0.510. The maximum atomic E-state index is 5.39. The summed E-state index contributed by atoms with van der Waals surface area (Å²) in [5, 5.41) is 0. The van der Waals surface area contributed by atoms with Crippen LogP contribution >= 0.6 is 11.8 Å². The number of rotatable bonds is 6. The molecule has 2 rings (SSSR count). The lowest BCUT2D eigenvalue weighted by atomic mass is 10.2. The summed E-state index contributed by atoms with van der Waals surface area (Å²) in [5.41, 5.74) is 1.40. The fourth-order valence-electron chi connectivity index (χ4n) is 1.69. The molecule has 0 atom stereocenters. The predicted octanol–water partition coefficient (Wildman–Crippen LogP) is 3.07. The summed E-state index contributed by atoms with van der Waals surface area (Å²) >= 11 is 1.98. The van der Waals surface area contributed by atoms with Gasteiger partial charge in [0.1, 0.15) is 0 Å². The smallest absolute Gasteiger partial charge is 0.157 e. The highest BCUT2D eigenvalue weighted by Gasteiger charge is 2.14. The summed E-state index contributed by atoms with van der Waals surface area (Å²) in [6, 6.07) is 10.6. The van der Waals surface area contributed by atoms with Crippen molar-refractivity contribution in [1.29, 1.82) is 0 Å². The van der Waals surface area contributed by atoms with Crippen LogP contribution in [0.15, 0.2) is 30.3 Å². The second-order valence-electron chi connectivity index (χ2n) is 3.85. The van der Waals surface area contributed by atoms with Gasteiger partial charge in [0.05, 0.1) is 13.2 Å². The second kappa shape index (κ2) is 6.94. The van der Waals surface area contributed by atoms with E-state index in [2.05, 4.69) is 30.3 Å². The average Bonchev–Trinajstić information content (AvgIpc) is 2.83. The topological polar surface area (TPSA) is 18.5 Å². The first-order valence-electron chi connectivity index (χ1n) is 5.80. The minimum absolute atomic E-state index is 0.0670. The summed E-state index contributed by atoms with van der Waals surface area (Å²) in [7, 11) is 0. The molecular weight excluding hydrogens is 220 g/mol. The maximum absolute atomic E-state index is 5.39. The van der Waals surface area contributed by atoms with Crippen molar-refractivity contribution in [2.45, 2.75) is 24.9 Å². The van der Waals surface area contributed by atoms with Crippen LogP contribution in [0.25, 0.3) is 0 Å². The van der Waals surface area contributed by atoms with E-state index in [0.717, 1.165) is 25.4 Å². The third-order valence-electron chi connectivity index (χ3n) is 2.53. The molecule has 1 aromatic rings. The zero-order valence-electron chi connectivity index (χ0n) is 9.43. The predicted molar refractivity (Wildman–Crippen MR) is 67.5 cm³/mol. The fraction of sp³-hybridized carbons (Fsp3) is 0.538. The minimum Gasteiger partial charge on any atom is -0.350 e. The monoisotopic (exact) mass is 238 g/mol. The Morgan fingerprint density at radius 2 is 1.88 bits per heavy atom. The summed E-state index contributed by atoms with van der Waals surface area (Å²) in [5.74, 6) is 2.28. The van der Waals surface area contributed by atoms with Crippen LogP contribution in [0.3, 0.4) is 0 Å². The molecule has 0 aliphatic carbocycles. The van der Waals surface area contributed by atoms with Crippen LogP contribution in [0, 0.1) is 0 Å². The molecule has 1 saturated heterocycles. The van der Waals surface area contributed by atoms with Crippen molar-refractivity contribution in [2.24, 2.45) is 0 Å². The van der Waals surface area contributed by atoms with Crippen molar-refractivity contribution in [2.75, 3.05) is 19.0 Å². The van der Waals surface area contributed by atoms with E-state index in [9.17, 15) is 0 Å². The zero-order chi connectivity index (χ0) is 11.1. The molecule has 0 bridgehead atoms. The van der Waals surface area contributed by atoms with Gasteiger partial charge in [-0.1, -0.05) is 30.3 Å². The van der Waals surface area contributed by atoms with E-state index in [1.54, 1.807) is 0 Å². The van der Waals surface area contributed by atoms with Gasteiger partial charge in [-0.25, -0.2) is 0 Å². The van der Waals surface area contributed by atoms with Gasteiger partial charge in [0.2, 0.25) is 0 Å². The highest BCUT2D eigenvalue weighted by Crippen LogP contribution is 2.16. The largest absolute Gasteiger partial charge is 0.350 e. The van der Waals surface area contributed by atoms with Crippen molar-refractivity contribution in [3.8, 4) is 0 Å². The van der Waals surface area contributed by atoms with E-state index in [0.29, 0.717) is 0 Å². The molecule has 16 heavy (non-hydrogen) atoms. The summed E-state index contributed by atoms with van der Waals surface area (Å²) in [6.45, 7) is 1.53. The lowest BCUT2D eigenvalue weighted by Crippen LogP contribution is -2.07. The first kappa shape index (κ1) is 12.0. The van der Waals surface area contributed by atoms with E-state index < -0.39 is 0 Å². The van der Waals surface area contributed by atoms with Gasteiger partial charge < -0.3 is 9.47 Å². The highest BCUT2D eigenvalue weighted by atomic mass is 32.2. The van der Waals surface area contributed by atoms with Crippen molar-refractivity contribution >= 4 is 11.8 Å². The summed E-state index contributed by atoms with van der Waals surface area (Å²) in [6.07, 6.45) is 2.27. The van der Waals surface area contributed by atoms with Crippen molar-refractivity contribution in [1.82, 2.24) is 0 Å². The molecule has 1 aliphatic heterocycles. The van der Waals surface area contributed by atoms with Crippen LogP contribution in [0.2, 0.25) is 0 Å². The quantitative estimate of drug-likeness (QED) is 0.710. The maximum Gasteiger partial charge on any atom is 0.157 e. The molecule has 1 fully saturated rings. The van der Waals surface area contributed by atoms with E-state index in [-0.39, 0.29) is 6.29 Å². The van der Waals surface area contributed by atoms with Gasteiger partial charge >= 0.3 is 0 Å². The third-order valence-corrected chi connectivity index (χ3v) is 3.65. The Kier molecular flexibility index (Phi) is 5.19. The first-order chi connectivity index (χ1) is 7.95. The van der Waals surface area contributed by atoms with Crippen molar-refractivity contribution in [3.05, 3.63) is 35.9 Å². The van der Waals surface area contributed by atoms with Gasteiger partial charge in [-0.05, 0) is 24.2 Å². The SMILES string of the molecule is c1ccc(CSCCCC2OCCO2)cc1. The van der Waals surface area contributed by atoms with Gasteiger partial charge in [-0.2, -0.15) is 11.8 Å². The van der Waals surface area contributed by atoms with Gasteiger partial charge in [0, 0.05) is 5.75 Å². The minimum atomic E-state index is 0.0670. The Morgan fingerprint density at radius 3 is 2.62 bits per heavy atom. The molecule has 0 amide bonds. The lowest BCUT2D eigenvalue weighted by Gasteiger charge is -2.08. The number of hydrogen-bond donors (Lipinski definition) is 0. The number of benzene rings is 1. The standard InChI is InChI=1S/C13H18O2S/c1-2-5-12(6-3-1)11-16-10-4-7-13-14-8-9-15-13/h1-3,5-6,13H,4,7-11H2. The Bertz CT molecular complexity index is 283. The van der Waals surface area contributed by atoms with Gasteiger partial charge in [-0.3, -0.25) is 0 Å². The van der Waals surface area contributed by atoms with Gasteiger partial charge in [0.25, 0.3) is 0 Å². The third kappa shape index (κ3) is 4.16. The van der Waals surface area contributed by atoms with Crippen LogP contribution in [0.1, 0.15) is 18.4 Å². The summed E-state index contributed by atoms with van der Waals surface area (Å²) in [4.78, 5) is 0. The highest BCUT2D eigenvalue weighted by molar-refractivity contribution is 7.98. The molecule has 3 heteroatoms. The second-order valence-corrected chi connectivity index (χ2v) is 4.96. The van der Waals surface area contributed by atoms with E-state index in [1.165, 1.54) is 17.7 Å².